The van der Waals surface area contributed by atoms with Gasteiger partial charge in [0.2, 0.25) is 5.91 Å². The molecular formula is C19H27N3O. The zero-order valence-corrected chi connectivity index (χ0v) is 13.8. The molecule has 0 unspecified atom stereocenters. The van der Waals surface area contributed by atoms with Gasteiger partial charge >= 0.3 is 0 Å². The molecule has 0 saturated carbocycles. The van der Waals surface area contributed by atoms with Crippen molar-refractivity contribution in [3.63, 3.8) is 0 Å². The van der Waals surface area contributed by atoms with Gasteiger partial charge < -0.3 is 15.2 Å². The van der Waals surface area contributed by atoms with Crippen molar-refractivity contribution < 1.29 is 4.79 Å². The average Bonchev–Trinajstić information content (AvgIpc) is 2.80. The third-order valence-electron chi connectivity index (χ3n) is 4.72. The van der Waals surface area contributed by atoms with Crippen molar-refractivity contribution in [2.75, 3.05) is 26.2 Å². The molecular weight excluding hydrogens is 286 g/mol. The minimum Gasteiger partial charge on any atom is -0.361 e. The Hall–Kier alpha value is -1.81. The Balaban J connectivity index is 1.37. The van der Waals surface area contributed by atoms with Crippen LogP contribution in [0.3, 0.4) is 0 Å². The predicted molar refractivity (Wildman–Crippen MR) is 94.5 cm³/mol. The van der Waals surface area contributed by atoms with Crippen LogP contribution in [0, 0.1) is 0 Å². The quantitative estimate of drug-likeness (QED) is 0.805. The molecule has 0 radical (unpaired) electrons. The smallest absolute Gasteiger partial charge is 0.223 e. The first-order chi connectivity index (χ1) is 11.3. The first-order valence-corrected chi connectivity index (χ1v) is 8.88. The molecule has 2 heterocycles. The fourth-order valence-corrected chi connectivity index (χ4v) is 3.36. The molecule has 1 amide bonds. The lowest BCUT2D eigenvalue weighted by molar-refractivity contribution is -0.131. The fraction of sp³-hybridized carbons (Fsp3) is 0.526. The summed E-state index contributed by atoms with van der Waals surface area (Å²) in [6.45, 7) is 3.59. The van der Waals surface area contributed by atoms with Crippen molar-refractivity contribution in [1.82, 2.24) is 15.2 Å². The number of nitrogens with one attached hydrogen (secondary N) is 2. The second-order valence-electron chi connectivity index (χ2n) is 6.40. The molecule has 1 fully saturated rings. The molecule has 1 aliphatic rings. The van der Waals surface area contributed by atoms with Crippen LogP contribution < -0.4 is 5.32 Å². The van der Waals surface area contributed by atoms with Crippen LogP contribution >= 0.6 is 0 Å². The van der Waals surface area contributed by atoms with Gasteiger partial charge in [-0.2, -0.15) is 0 Å². The third kappa shape index (κ3) is 4.35. The summed E-state index contributed by atoms with van der Waals surface area (Å²) in [5, 5.41) is 4.71. The van der Waals surface area contributed by atoms with Gasteiger partial charge in [0.05, 0.1) is 0 Å². The van der Waals surface area contributed by atoms with Crippen LogP contribution in [0.5, 0.6) is 0 Å². The number of amides is 1. The van der Waals surface area contributed by atoms with Crippen LogP contribution in [-0.2, 0) is 11.2 Å². The first-order valence-electron chi connectivity index (χ1n) is 8.88. The largest absolute Gasteiger partial charge is 0.361 e. The number of carbonyl (C=O) groups excluding carboxylic acids is 1. The van der Waals surface area contributed by atoms with Crippen LogP contribution in [0.15, 0.2) is 30.5 Å². The number of fused-ring (bicyclic) bond motifs is 1. The third-order valence-corrected chi connectivity index (χ3v) is 4.72. The molecule has 2 aromatic rings. The normalized spacial score (nSPS) is 15.7. The molecule has 0 aliphatic carbocycles. The van der Waals surface area contributed by atoms with Gasteiger partial charge in [0.25, 0.3) is 0 Å². The fourth-order valence-electron chi connectivity index (χ4n) is 3.36. The van der Waals surface area contributed by atoms with E-state index in [2.05, 4.69) is 40.8 Å². The highest BCUT2D eigenvalue weighted by Gasteiger charge is 2.14. The van der Waals surface area contributed by atoms with E-state index in [9.17, 15) is 4.79 Å². The van der Waals surface area contributed by atoms with E-state index in [-0.39, 0.29) is 0 Å². The monoisotopic (exact) mass is 313 g/mol. The molecule has 1 aliphatic heterocycles. The molecule has 0 atom stereocenters. The van der Waals surface area contributed by atoms with Gasteiger partial charge in [0, 0.05) is 43.2 Å². The minimum atomic E-state index is 0.312. The van der Waals surface area contributed by atoms with Crippen molar-refractivity contribution in [2.45, 2.75) is 38.5 Å². The maximum Gasteiger partial charge on any atom is 0.223 e. The number of likely N-dealkylation sites (tertiary alicyclic amines) is 1. The van der Waals surface area contributed by atoms with E-state index in [1.807, 2.05) is 4.90 Å². The SMILES string of the molecule is O=C(CCNCCc1c[nH]c2ccccc12)N1CCCCCC1. The van der Waals surface area contributed by atoms with Crippen LogP contribution in [0.25, 0.3) is 10.9 Å². The standard InChI is InChI=1S/C19H27N3O/c23-19(22-13-5-1-2-6-14-22)10-12-20-11-9-16-15-21-18-8-4-3-7-17(16)18/h3-4,7-8,15,20-21H,1-2,5-6,9-14H2. The highest BCUT2D eigenvalue weighted by molar-refractivity contribution is 5.83. The van der Waals surface area contributed by atoms with Crippen molar-refractivity contribution >= 4 is 16.8 Å². The number of para-hydroxylation sites is 1. The van der Waals surface area contributed by atoms with E-state index >= 15 is 0 Å². The number of carbonyl (C=O) groups is 1. The zero-order valence-electron chi connectivity index (χ0n) is 13.8. The molecule has 124 valence electrons. The molecule has 4 nitrogen and oxygen atoms in total. The number of rotatable bonds is 6. The summed E-state index contributed by atoms with van der Waals surface area (Å²) in [7, 11) is 0. The van der Waals surface area contributed by atoms with Crippen LogP contribution in [0.2, 0.25) is 0 Å². The summed E-state index contributed by atoms with van der Waals surface area (Å²) in [4.78, 5) is 17.6. The lowest BCUT2D eigenvalue weighted by Gasteiger charge is -2.20. The van der Waals surface area contributed by atoms with E-state index in [0.717, 1.165) is 32.6 Å². The van der Waals surface area contributed by atoms with E-state index in [0.29, 0.717) is 12.3 Å². The molecule has 3 rings (SSSR count). The maximum absolute atomic E-state index is 12.2. The first kappa shape index (κ1) is 16.1. The van der Waals surface area contributed by atoms with Crippen molar-refractivity contribution in [2.24, 2.45) is 0 Å². The summed E-state index contributed by atoms with van der Waals surface area (Å²) in [5.41, 5.74) is 2.53. The number of aromatic amines is 1. The Morgan fingerprint density at radius 3 is 2.70 bits per heavy atom. The van der Waals surface area contributed by atoms with Crippen molar-refractivity contribution in [3.8, 4) is 0 Å². The number of nitrogens with zero attached hydrogens (tertiary/aromatic N) is 1. The molecule has 4 heteroatoms. The van der Waals surface area contributed by atoms with E-state index in [1.165, 1.54) is 42.1 Å². The van der Waals surface area contributed by atoms with Gasteiger partial charge in [0.15, 0.2) is 0 Å². The lowest BCUT2D eigenvalue weighted by atomic mass is 10.1. The van der Waals surface area contributed by atoms with Gasteiger partial charge in [-0.25, -0.2) is 0 Å². The molecule has 0 bridgehead atoms. The summed E-state index contributed by atoms with van der Waals surface area (Å²) < 4.78 is 0. The molecule has 1 aromatic heterocycles. The van der Waals surface area contributed by atoms with Gasteiger partial charge in [-0.1, -0.05) is 31.0 Å². The second-order valence-corrected chi connectivity index (χ2v) is 6.40. The van der Waals surface area contributed by atoms with Crippen LogP contribution in [0.4, 0.5) is 0 Å². The highest BCUT2D eigenvalue weighted by Crippen LogP contribution is 2.17. The topological polar surface area (TPSA) is 48.1 Å². The predicted octanol–water partition coefficient (Wildman–Crippen LogP) is 3.09. The Kier molecular flexibility index (Phi) is 5.70. The average molecular weight is 313 g/mol. The highest BCUT2D eigenvalue weighted by atomic mass is 16.2. The number of H-pyrrole nitrogens is 1. The summed E-state index contributed by atoms with van der Waals surface area (Å²) >= 11 is 0. The second kappa shape index (κ2) is 8.16. The molecule has 0 spiro atoms. The van der Waals surface area contributed by atoms with Crippen LogP contribution in [0.1, 0.15) is 37.7 Å². The molecule has 1 saturated heterocycles. The van der Waals surface area contributed by atoms with Crippen molar-refractivity contribution in [3.05, 3.63) is 36.0 Å². The van der Waals surface area contributed by atoms with Gasteiger partial charge in [-0.05, 0) is 37.4 Å². The number of aromatic nitrogens is 1. The molecule has 23 heavy (non-hydrogen) atoms. The number of benzene rings is 1. The summed E-state index contributed by atoms with van der Waals surface area (Å²) in [5.74, 6) is 0.312. The minimum absolute atomic E-state index is 0.312. The maximum atomic E-state index is 12.2. The zero-order chi connectivity index (χ0) is 15.9. The lowest BCUT2D eigenvalue weighted by Crippen LogP contribution is -2.34. The van der Waals surface area contributed by atoms with Gasteiger partial charge in [-0.3, -0.25) is 4.79 Å². The van der Waals surface area contributed by atoms with Crippen molar-refractivity contribution in [1.29, 1.82) is 0 Å². The number of hydrogen-bond acceptors (Lipinski definition) is 2. The Morgan fingerprint density at radius 2 is 1.87 bits per heavy atom. The van der Waals surface area contributed by atoms with Crippen LogP contribution in [-0.4, -0.2) is 42.0 Å². The van der Waals surface area contributed by atoms with Gasteiger partial charge in [0.1, 0.15) is 0 Å². The Bertz CT molecular complexity index is 626. The molecule has 2 N–H and O–H groups in total. The van der Waals surface area contributed by atoms with Gasteiger partial charge in [-0.15, -0.1) is 0 Å². The Labute approximate surface area is 138 Å². The summed E-state index contributed by atoms with van der Waals surface area (Å²) in [6.07, 6.45) is 8.57. The van der Waals surface area contributed by atoms with E-state index < -0.39 is 0 Å². The van der Waals surface area contributed by atoms with E-state index in [4.69, 9.17) is 0 Å². The Morgan fingerprint density at radius 1 is 1.09 bits per heavy atom. The van der Waals surface area contributed by atoms with E-state index in [1.54, 1.807) is 0 Å². The number of hydrogen-bond donors (Lipinski definition) is 2. The summed E-state index contributed by atoms with van der Waals surface area (Å²) in [6, 6.07) is 8.39. The molecule has 1 aromatic carbocycles.